The second-order valence-corrected chi connectivity index (χ2v) is 15.1. The van der Waals surface area contributed by atoms with Crippen molar-refractivity contribution in [3.05, 3.63) is 60.7 Å². The first-order chi connectivity index (χ1) is 14.6. The fourth-order valence-electron chi connectivity index (χ4n) is 3.14. The summed E-state index contributed by atoms with van der Waals surface area (Å²) in [6.45, 7) is 7.08. The Hall–Kier alpha value is 0.140. The molecule has 0 bridgehead atoms. The second kappa shape index (κ2) is 13.0. The van der Waals surface area contributed by atoms with Crippen LogP contribution in [0.2, 0.25) is 0 Å². The van der Waals surface area contributed by atoms with Crippen LogP contribution in [0.4, 0.5) is 0 Å². The van der Waals surface area contributed by atoms with Gasteiger partial charge in [0.15, 0.2) is 0 Å². The fraction of sp³-hybridized carbons (Fsp3) is 0.455. The van der Waals surface area contributed by atoms with Crippen LogP contribution >= 0.6 is 70.6 Å². The molecule has 4 atom stereocenters. The standard InChI is InChI=1S/C22H26O2S6/c1-3-19(23)25-11-17-13-27-21(29-17)9-15-6-5-7-16(8-15)10-22-28-14-18(30-22)12-26-20(24)4-2/h3-8,17-18,21-22H,1-2,9-14H2. The van der Waals surface area contributed by atoms with E-state index in [0.717, 1.165) is 35.9 Å². The number of benzene rings is 1. The first-order valence-electron chi connectivity index (χ1n) is 9.76. The molecule has 0 amide bonds. The fourth-order valence-corrected chi connectivity index (χ4v) is 11.9. The average Bonchev–Trinajstić information content (AvgIpc) is 3.39. The zero-order valence-electron chi connectivity index (χ0n) is 16.7. The molecule has 0 spiro atoms. The van der Waals surface area contributed by atoms with Crippen molar-refractivity contribution in [2.45, 2.75) is 32.5 Å². The van der Waals surface area contributed by atoms with Crippen molar-refractivity contribution in [3.8, 4) is 0 Å². The van der Waals surface area contributed by atoms with Gasteiger partial charge >= 0.3 is 0 Å². The molecule has 1 aromatic carbocycles. The molecule has 2 aliphatic heterocycles. The number of carbonyl (C=O) groups is 2. The van der Waals surface area contributed by atoms with Gasteiger partial charge in [0.2, 0.25) is 10.2 Å². The zero-order chi connectivity index (χ0) is 21.3. The van der Waals surface area contributed by atoms with Crippen LogP contribution in [0.1, 0.15) is 11.1 Å². The smallest absolute Gasteiger partial charge is 0.211 e. The quantitative estimate of drug-likeness (QED) is 0.351. The zero-order valence-corrected chi connectivity index (χ0v) is 21.6. The first kappa shape index (κ1) is 24.8. The van der Waals surface area contributed by atoms with Gasteiger partial charge in [-0.25, -0.2) is 0 Å². The minimum absolute atomic E-state index is 0.0764. The Bertz CT molecular complexity index is 708. The van der Waals surface area contributed by atoms with E-state index in [2.05, 4.69) is 37.4 Å². The van der Waals surface area contributed by atoms with Gasteiger partial charge in [-0.1, -0.05) is 60.9 Å². The Morgan fingerprint density at radius 2 is 1.37 bits per heavy atom. The van der Waals surface area contributed by atoms with Gasteiger partial charge in [-0.3, -0.25) is 9.59 Å². The summed E-state index contributed by atoms with van der Waals surface area (Å²) in [5.74, 6) is 4.01. The maximum Gasteiger partial charge on any atom is 0.211 e. The van der Waals surface area contributed by atoms with E-state index in [0.29, 0.717) is 19.7 Å². The lowest BCUT2D eigenvalue weighted by molar-refractivity contribution is -0.107. The van der Waals surface area contributed by atoms with Gasteiger partial charge in [0.1, 0.15) is 0 Å². The Balaban J connectivity index is 1.43. The van der Waals surface area contributed by atoms with Crippen molar-refractivity contribution < 1.29 is 9.59 Å². The Morgan fingerprint density at radius 1 is 0.900 bits per heavy atom. The van der Waals surface area contributed by atoms with Crippen LogP contribution in [0.25, 0.3) is 0 Å². The number of hydrogen-bond acceptors (Lipinski definition) is 8. The average molecular weight is 515 g/mol. The van der Waals surface area contributed by atoms with Gasteiger partial charge in [-0.2, -0.15) is 0 Å². The van der Waals surface area contributed by atoms with Gasteiger partial charge in [-0.15, -0.1) is 47.0 Å². The van der Waals surface area contributed by atoms with E-state index in [-0.39, 0.29) is 10.2 Å². The molecule has 4 unspecified atom stereocenters. The number of hydrogen-bond donors (Lipinski definition) is 0. The van der Waals surface area contributed by atoms with Crippen molar-refractivity contribution in [2.75, 3.05) is 23.0 Å². The molecule has 2 nitrogen and oxygen atoms in total. The highest BCUT2D eigenvalue weighted by atomic mass is 32.2. The number of carbonyl (C=O) groups excluding carboxylic acids is 2. The summed E-state index contributed by atoms with van der Waals surface area (Å²) in [6, 6.07) is 9.03. The third-order valence-corrected chi connectivity index (χ3v) is 13.6. The van der Waals surface area contributed by atoms with Crippen molar-refractivity contribution in [3.63, 3.8) is 0 Å². The Morgan fingerprint density at radius 3 is 1.80 bits per heavy atom. The molecule has 0 aliphatic carbocycles. The van der Waals surface area contributed by atoms with Crippen LogP contribution in [-0.4, -0.2) is 52.9 Å². The van der Waals surface area contributed by atoms with Gasteiger partial charge in [-0.05, 0) is 36.1 Å². The topological polar surface area (TPSA) is 34.1 Å². The molecule has 0 radical (unpaired) electrons. The van der Waals surface area contributed by atoms with E-state index < -0.39 is 0 Å². The maximum atomic E-state index is 11.4. The molecule has 0 N–H and O–H groups in total. The lowest BCUT2D eigenvalue weighted by Crippen LogP contribution is -2.07. The molecule has 8 heteroatoms. The molecule has 1 aromatic rings. The molecular weight excluding hydrogens is 489 g/mol. The lowest BCUT2D eigenvalue weighted by Gasteiger charge is -2.13. The van der Waals surface area contributed by atoms with Crippen LogP contribution in [0, 0.1) is 0 Å². The van der Waals surface area contributed by atoms with Crippen LogP contribution in [0.3, 0.4) is 0 Å². The van der Waals surface area contributed by atoms with Crippen molar-refractivity contribution in [1.82, 2.24) is 0 Å². The molecular formula is C22H26O2S6. The van der Waals surface area contributed by atoms with Gasteiger partial charge in [0, 0.05) is 33.5 Å². The van der Waals surface area contributed by atoms with Crippen molar-refractivity contribution in [1.29, 1.82) is 0 Å². The van der Waals surface area contributed by atoms with Crippen LogP contribution < -0.4 is 0 Å². The summed E-state index contributed by atoms with van der Waals surface area (Å²) in [7, 11) is 0. The van der Waals surface area contributed by atoms with Gasteiger partial charge in [0.05, 0.1) is 9.16 Å². The molecule has 2 heterocycles. The van der Waals surface area contributed by atoms with E-state index >= 15 is 0 Å². The molecule has 2 fully saturated rings. The normalized spacial score (nSPS) is 25.9. The predicted octanol–water partition coefficient (Wildman–Crippen LogP) is 6.01. The summed E-state index contributed by atoms with van der Waals surface area (Å²) in [5, 5.41) is 1.25. The van der Waals surface area contributed by atoms with Crippen molar-refractivity contribution in [2.24, 2.45) is 0 Å². The minimum atomic E-state index is 0.0764. The highest BCUT2D eigenvalue weighted by Crippen LogP contribution is 2.42. The molecule has 2 saturated heterocycles. The second-order valence-electron chi connectivity index (χ2n) is 6.94. The molecule has 3 rings (SSSR count). The highest BCUT2D eigenvalue weighted by molar-refractivity contribution is 8.22. The van der Waals surface area contributed by atoms with E-state index in [1.54, 1.807) is 0 Å². The Kier molecular flexibility index (Phi) is 10.7. The largest absolute Gasteiger partial charge is 0.282 e. The third kappa shape index (κ3) is 8.24. The van der Waals surface area contributed by atoms with E-state index in [4.69, 9.17) is 0 Å². The van der Waals surface area contributed by atoms with Crippen LogP contribution in [0.15, 0.2) is 49.6 Å². The monoisotopic (exact) mass is 514 g/mol. The van der Waals surface area contributed by atoms with Gasteiger partial charge in [0.25, 0.3) is 0 Å². The van der Waals surface area contributed by atoms with Crippen molar-refractivity contribution >= 4 is 80.8 Å². The number of rotatable bonds is 10. The summed E-state index contributed by atoms with van der Waals surface area (Å²) in [5.41, 5.74) is 2.81. The minimum Gasteiger partial charge on any atom is -0.282 e. The lowest BCUT2D eigenvalue weighted by atomic mass is 10.1. The molecule has 0 saturated carbocycles. The van der Waals surface area contributed by atoms with E-state index in [1.165, 1.54) is 46.8 Å². The Labute approximate surface area is 205 Å². The third-order valence-electron chi connectivity index (χ3n) is 4.58. The molecule has 162 valence electrons. The van der Waals surface area contributed by atoms with E-state index in [9.17, 15) is 9.59 Å². The maximum absolute atomic E-state index is 11.4. The molecule has 0 aromatic heterocycles. The SMILES string of the molecule is C=CC(=O)SCC1CSC(Cc2cccc(CC3SCC(CSC(=O)C=C)S3)c2)S1. The molecule has 30 heavy (non-hydrogen) atoms. The van der Waals surface area contributed by atoms with Crippen LogP contribution in [-0.2, 0) is 22.4 Å². The highest BCUT2D eigenvalue weighted by Gasteiger charge is 2.28. The van der Waals surface area contributed by atoms with Gasteiger partial charge < -0.3 is 0 Å². The first-order valence-corrected chi connectivity index (χ1v) is 15.7. The summed E-state index contributed by atoms with van der Waals surface area (Å²) in [4.78, 5) is 22.9. The predicted molar refractivity (Wildman–Crippen MR) is 144 cm³/mol. The molecule has 2 aliphatic rings. The van der Waals surface area contributed by atoms with Crippen LogP contribution in [0.5, 0.6) is 0 Å². The van der Waals surface area contributed by atoms with E-state index in [1.807, 2.05) is 47.0 Å². The number of thioether (sulfide) groups is 6. The summed E-state index contributed by atoms with van der Waals surface area (Å²) >= 11 is 10.9. The summed E-state index contributed by atoms with van der Waals surface area (Å²) < 4.78 is 1.15. The summed E-state index contributed by atoms with van der Waals surface area (Å²) in [6.07, 6.45) is 4.97.